The number of nitrogens with one attached hydrogen (secondary N) is 1. The normalized spacial score (nSPS) is 22.5. The van der Waals surface area contributed by atoms with E-state index in [4.69, 9.17) is 11.6 Å². The van der Waals surface area contributed by atoms with Crippen molar-refractivity contribution in [3.63, 3.8) is 0 Å². The maximum absolute atomic E-state index is 12.2. The second-order valence-corrected chi connectivity index (χ2v) is 5.13. The van der Waals surface area contributed by atoms with Crippen LogP contribution < -0.4 is 5.43 Å². The van der Waals surface area contributed by atoms with E-state index in [0.29, 0.717) is 16.2 Å². The maximum atomic E-state index is 12.2. The largest absolute Gasteiger partial charge is 0.276 e. The Kier molecular flexibility index (Phi) is 3.12. The van der Waals surface area contributed by atoms with E-state index in [2.05, 4.69) is 5.43 Å². The second-order valence-electron chi connectivity index (χ2n) is 4.69. The smallest absolute Gasteiger partial charge is 0.267 e. The molecule has 1 aromatic rings. The van der Waals surface area contributed by atoms with Crippen LogP contribution >= 0.6 is 11.6 Å². The molecular formula is C14H13ClN2O2. The van der Waals surface area contributed by atoms with E-state index in [1.807, 2.05) is 6.08 Å². The van der Waals surface area contributed by atoms with Crippen molar-refractivity contribution in [1.29, 1.82) is 0 Å². The Balaban J connectivity index is 1.84. The summed E-state index contributed by atoms with van der Waals surface area (Å²) in [7, 11) is 0. The summed E-state index contributed by atoms with van der Waals surface area (Å²) in [6.45, 7) is 0. The third-order valence-electron chi connectivity index (χ3n) is 3.45. The number of hydrogen-bond donors (Lipinski definition) is 1. The van der Waals surface area contributed by atoms with Gasteiger partial charge in [0.05, 0.1) is 17.2 Å². The molecule has 19 heavy (non-hydrogen) atoms. The molecule has 1 heterocycles. The van der Waals surface area contributed by atoms with E-state index in [0.717, 1.165) is 24.3 Å². The summed E-state index contributed by atoms with van der Waals surface area (Å²) >= 11 is 6.12. The fourth-order valence-electron chi connectivity index (χ4n) is 2.43. The molecule has 0 radical (unpaired) electrons. The first-order valence-corrected chi connectivity index (χ1v) is 6.66. The van der Waals surface area contributed by atoms with E-state index in [9.17, 15) is 9.59 Å². The van der Waals surface area contributed by atoms with Gasteiger partial charge in [-0.1, -0.05) is 29.8 Å². The highest BCUT2D eigenvalue weighted by Crippen LogP contribution is 2.25. The molecule has 0 fully saturated rings. The minimum atomic E-state index is -0.310. The molecule has 2 amide bonds. The van der Waals surface area contributed by atoms with Crippen molar-refractivity contribution in [2.75, 3.05) is 0 Å². The molecule has 0 spiro atoms. The minimum absolute atomic E-state index is 0.155. The topological polar surface area (TPSA) is 49.4 Å². The van der Waals surface area contributed by atoms with Crippen LogP contribution in [0.4, 0.5) is 0 Å². The van der Waals surface area contributed by atoms with Crippen LogP contribution in [0.15, 0.2) is 35.4 Å². The van der Waals surface area contributed by atoms with Crippen molar-refractivity contribution in [3.8, 4) is 0 Å². The number of benzene rings is 1. The molecule has 1 aliphatic carbocycles. The van der Waals surface area contributed by atoms with Crippen molar-refractivity contribution in [1.82, 2.24) is 10.4 Å². The van der Waals surface area contributed by atoms with Gasteiger partial charge < -0.3 is 0 Å². The molecule has 1 aromatic carbocycles. The highest BCUT2D eigenvalue weighted by Gasteiger charge is 2.37. The number of halogens is 1. The highest BCUT2D eigenvalue weighted by atomic mass is 35.5. The molecule has 3 rings (SSSR count). The van der Waals surface area contributed by atoms with Gasteiger partial charge in [0.25, 0.3) is 11.8 Å². The highest BCUT2D eigenvalue weighted by molar-refractivity contribution is 6.30. The van der Waals surface area contributed by atoms with Gasteiger partial charge in [-0.05, 0) is 31.4 Å². The van der Waals surface area contributed by atoms with E-state index in [1.165, 1.54) is 0 Å². The van der Waals surface area contributed by atoms with E-state index >= 15 is 0 Å². The summed E-state index contributed by atoms with van der Waals surface area (Å²) in [6.07, 6.45) is 4.69. The fraction of sp³-hybridized carbons (Fsp3) is 0.286. The lowest BCUT2D eigenvalue weighted by Gasteiger charge is -2.26. The number of hydrogen-bond acceptors (Lipinski definition) is 3. The van der Waals surface area contributed by atoms with Gasteiger partial charge in [-0.25, -0.2) is 10.4 Å². The maximum Gasteiger partial charge on any atom is 0.276 e. The molecule has 1 N–H and O–H groups in total. The van der Waals surface area contributed by atoms with Crippen LogP contribution in [0.2, 0.25) is 0 Å². The summed E-state index contributed by atoms with van der Waals surface area (Å²) in [5.74, 6) is -0.619. The molecule has 0 saturated heterocycles. The average Bonchev–Trinajstić information content (AvgIpc) is 2.67. The lowest BCUT2D eigenvalue weighted by molar-refractivity contribution is 0.0542. The molecule has 1 atom stereocenters. The number of amides is 2. The number of carbonyl (C=O) groups excluding carboxylic acids is 2. The van der Waals surface area contributed by atoms with Gasteiger partial charge in [0.2, 0.25) is 0 Å². The number of fused-ring (bicyclic) bond motifs is 1. The molecule has 98 valence electrons. The SMILES string of the molecule is O=C1c2ccccc2C(=O)N1NC1CCCC=C1Cl. The van der Waals surface area contributed by atoms with Crippen molar-refractivity contribution in [2.45, 2.75) is 25.3 Å². The molecule has 5 heteroatoms. The Bertz CT molecular complexity index is 548. The second kappa shape index (κ2) is 4.79. The van der Waals surface area contributed by atoms with E-state index < -0.39 is 0 Å². The van der Waals surface area contributed by atoms with Gasteiger partial charge in [-0.15, -0.1) is 0 Å². The van der Waals surface area contributed by atoms with Gasteiger partial charge in [-0.3, -0.25) is 9.59 Å². The monoisotopic (exact) mass is 276 g/mol. The summed E-state index contributed by atoms with van der Waals surface area (Å²) < 4.78 is 0. The first-order valence-electron chi connectivity index (χ1n) is 6.28. The summed E-state index contributed by atoms with van der Waals surface area (Å²) in [5, 5.41) is 1.75. The predicted molar refractivity (Wildman–Crippen MR) is 71.7 cm³/mol. The molecule has 1 unspecified atom stereocenters. The molecule has 0 bridgehead atoms. The minimum Gasteiger partial charge on any atom is -0.267 e. The van der Waals surface area contributed by atoms with Crippen LogP contribution in [0, 0.1) is 0 Å². The standard InChI is InChI=1S/C14H13ClN2O2/c15-11-7-3-4-8-12(11)16-17-13(18)9-5-1-2-6-10(9)14(17)19/h1-2,5-7,12,16H,3-4,8H2. The van der Waals surface area contributed by atoms with Crippen molar-refractivity contribution in [2.24, 2.45) is 0 Å². The van der Waals surface area contributed by atoms with E-state index in [1.54, 1.807) is 24.3 Å². The van der Waals surface area contributed by atoms with Gasteiger partial charge in [0.15, 0.2) is 0 Å². The summed E-state index contributed by atoms with van der Waals surface area (Å²) in [4.78, 5) is 24.3. The van der Waals surface area contributed by atoms with Crippen LogP contribution in [0.5, 0.6) is 0 Å². The lowest BCUT2D eigenvalue weighted by Crippen LogP contribution is -2.48. The van der Waals surface area contributed by atoms with Gasteiger partial charge in [0.1, 0.15) is 0 Å². The van der Waals surface area contributed by atoms with Gasteiger partial charge >= 0.3 is 0 Å². The molecule has 1 aliphatic heterocycles. The van der Waals surface area contributed by atoms with Gasteiger partial charge in [-0.2, -0.15) is 0 Å². The first-order chi connectivity index (χ1) is 9.18. The zero-order valence-electron chi connectivity index (χ0n) is 10.2. The quantitative estimate of drug-likeness (QED) is 0.844. The zero-order valence-corrected chi connectivity index (χ0v) is 11.0. The van der Waals surface area contributed by atoms with Crippen molar-refractivity contribution < 1.29 is 9.59 Å². The Hall–Kier alpha value is -1.65. The van der Waals surface area contributed by atoms with Crippen molar-refractivity contribution >= 4 is 23.4 Å². The van der Waals surface area contributed by atoms with Crippen LogP contribution in [0.25, 0.3) is 0 Å². The number of rotatable bonds is 2. The van der Waals surface area contributed by atoms with Gasteiger partial charge in [0, 0.05) is 5.03 Å². The third-order valence-corrected chi connectivity index (χ3v) is 3.87. The molecule has 0 saturated carbocycles. The molecule has 2 aliphatic rings. The lowest BCUT2D eigenvalue weighted by atomic mass is 10.0. The fourth-order valence-corrected chi connectivity index (χ4v) is 2.70. The van der Waals surface area contributed by atoms with E-state index in [-0.39, 0.29) is 17.9 Å². The summed E-state index contributed by atoms with van der Waals surface area (Å²) in [5.41, 5.74) is 3.83. The number of nitrogens with zero attached hydrogens (tertiary/aromatic N) is 1. The molecule has 0 aromatic heterocycles. The third kappa shape index (κ3) is 2.07. The first kappa shape index (κ1) is 12.4. The Morgan fingerprint density at radius 3 is 2.37 bits per heavy atom. The Labute approximate surface area is 116 Å². The Morgan fingerprint density at radius 2 is 1.79 bits per heavy atom. The number of allylic oxidation sites excluding steroid dienone is 1. The number of hydrazine groups is 1. The van der Waals surface area contributed by atoms with Crippen LogP contribution in [-0.2, 0) is 0 Å². The zero-order chi connectivity index (χ0) is 13.4. The predicted octanol–water partition coefficient (Wildman–Crippen LogP) is 2.46. The van der Waals surface area contributed by atoms with Crippen LogP contribution in [0.1, 0.15) is 40.0 Å². The number of imide groups is 1. The summed E-state index contributed by atoms with van der Waals surface area (Å²) in [6, 6.07) is 6.67. The average molecular weight is 277 g/mol. The Morgan fingerprint density at radius 1 is 1.16 bits per heavy atom. The number of carbonyl (C=O) groups is 2. The molecule has 4 nitrogen and oxygen atoms in total. The van der Waals surface area contributed by atoms with Crippen LogP contribution in [-0.4, -0.2) is 22.9 Å². The van der Waals surface area contributed by atoms with Crippen molar-refractivity contribution in [3.05, 3.63) is 46.5 Å². The molecular weight excluding hydrogens is 264 g/mol. The van der Waals surface area contributed by atoms with Crippen LogP contribution in [0.3, 0.4) is 0 Å².